The predicted molar refractivity (Wildman–Crippen MR) is 54.6 cm³/mol. The molecule has 1 aromatic rings. The molecule has 15 heavy (non-hydrogen) atoms. The number of phenols is 1. The molecule has 1 aliphatic heterocycles. The average molecular weight is 210 g/mol. The molecule has 82 valence electrons. The van der Waals surface area contributed by atoms with E-state index in [1.54, 1.807) is 6.07 Å². The van der Waals surface area contributed by atoms with Crippen LogP contribution in [-0.2, 0) is 0 Å². The smallest absolute Gasteiger partial charge is 0.165 e. The zero-order valence-corrected chi connectivity index (χ0v) is 8.56. The van der Waals surface area contributed by atoms with Crippen LogP contribution in [0.3, 0.4) is 0 Å². The monoisotopic (exact) mass is 210 g/mol. The molecule has 1 heterocycles. The van der Waals surface area contributed by atoms with Gasteiger partial charge in [0.15, 0.2) is 11.5 Å². The van der Waals surface area contributed by atoms with Crippen molar-refractivity contribution in [1.29, 1.82) is 0 Å². The highest BCUT2D eigenvalue weighted by molar-refractivity contribution is 5.51. The molecule has 0 saturated carbocycles. The van der Waals surface area contributed by atoms with Crippen LogP contribution in [0.1, 0.15) is 18.4 Å². The van der Waals surface area contributed by atoms with Crippen molar-refractivity contribution in [2.75, 3.05) is 19.8 Å². The maximum atomic E-state index is 9.72. The maximum Gasteiger partial charge on any atom is 0.165 e. The number of ether oxygens (including phenoxy) is 2. The molecule has 0 spiro atoms. The Morgan fingerprint density at radius 2 is 1.87 bits per heavy atom. The molecule has 0 saturated heterocycles. The average Bonchev–Trinajstić information content (AvgIpc) is 2.27. The third-order valence-corrected chi connectivity index (χ3v) is 2.50. The fourth-order valence-corrected chi connectivity index (χ4v) is 1.59. The molecule has 1 unspecified atom stereocenters. The zero-order valence-electron chi connectivity index (χ0n) is 8.56. The summed E-state index contributed by atoms with van der Waals surface area (Å²) in [5, 5.41) is 18.8. The topological polar surface area (TPSA) is 58.9 Å². The Balaban J connectivity index is 2.40. The van der Waals surface area contributed by atoms with Crippen LogP contribution in [0.2, 0.25) is 0 Å². The lowest BCUT2D eigenvalue weighted by Gasteiger charge is -2.21. The van der Waals surface area contributed by atoms with Crippen molar-refractivity contribution in [3.63, 3.8) is 0 Å². The first kappa shape index (κ1) is 10.1. The van der Waals surface area contributed by atoms with E-state index in [9.17, 15) is 5.11 Å². The van der Waals surface area contributed by atoms with Crippen molar-refractivity contribution in [2.45, 2.75) is 12.8 Å². The summed E-state index contributed by atoms with van der Waals surface area (Å²) in [5.74, 6) is 1.23. The molecule has 0 bridgehead atoms. The van der Waals surface area contributed by atoms with E-state index in [2.05, 4.69) is 0 Å². The van der Waals surface area contributed by atoms with Crippen LogP contribution < -0.4 is 9.47 Å². The fraction of sp³-hybridized carbons (Fsp3) is 0.455. The highest BCUT2D eigenvalue weighted by atomic mass is 16.6. The molecule has 4 heteroatoms. The fourth-order valence-electron chi connectivity index (χ4n) is 1.59. The summed E-state index contributed by atoms with van der Waals surface area (Å²) < 4.78 is 10.7. The molecule has 4 nitrogen and oxygen atoms in total. The van der Waals surface area contributed by atoms with Crippen molar-refractivity contribution >= 4 is 0 Å². The Labute approximate surface area is 88.1 Å². The summed E-state index contributed by atoms with van der Waals surface area (Å²) in [6, 6.07) is 3.26. The van der Waals surface area contributed by atoms with Crippen LogP contribution in [0.25, 0.3) is 0 Å². The van der Waals surface area contributed by atoms with Crippen molar-refractivity contribution in [3.8, 4) is 17.2 Å². The molecule has 0 aliphatic carbocycles. The van der Waals surface area contributed by atoms with E-state index in [0.717, 1.165) is 0 Å². The minimum Gasteiger partial charge on any atom is -0.508 e. The lowest BCUT2D eigenvalue weighted by Crippen LogP contribution is -2.15. The maximum absolute atomic E-state index is 9.72. The molecule has 0 fully saturated rings. The number of aliphatic hydroxyl groups excluding tert-OH is 1. The standard InChI is InChI=1S/C11H14O4/c1-7(6-12)8-4-10-11(5-9(8)13)15-3-2-14-10/h4-5,7,12-13H,2-3,6H2,1H3. The van der Waals surface area contributed by atoms with Gasteiger partial charge in [0.05, 0.1) is 0 Å². The van der Waals surface area contributed by atoms with Crippen molar-refractivity contribution in [3.05, 3.63) is 17.7 Å². The molecule has 1 aromatic carbocycles. The van der Waals surface area contributed by atoms with Crippen LogP contribution in [0.5, 0.6) is 17.2 Å². The molecule has 0 aromatic heterocycles. The summed E-state index contributed by atoms with van der Waals surface area (Å²) in [6.07, 6.45) is 0. The molecule has 0 radical (unpaired) electrons. The summed E-state index contributed by atoms with van der Waals surface area (Å²) in [7, 11) is 0. The Morgan fingerprint density at radius 1 is 1.27 bits per heavy atom. The normalized spacial score (nSPS) is 16.1. The van der Waals surface area contributed by atoms with Crippen molar-refractivity contribution in [2.24, 2.45) is 0 Å². The van der Waals surface area contributed by atoms with Crippen molar-refractivity contribution in [1.82, 2.24) is 0 Å². The molecule has 1 aliphatic rings. The van der Waals surface area contributed by atoms with Gasteiger partial charge in [0, 0.05) is 24.2 Å². The Hall–Kier alpha value is -1.42. The first-order valence-electron chi connectivity index (χ1n) is 4.95. The van der Waals surface area contributed by atoms with Crippen LogP contribution in [0.4, 0.5) is 0 Å². The van der Waals surface area contributed by atoms with E-state index in [-0.39, 0.29) is 18.3 Å². The van der Waals surface area contributed by atoms with E-state index in [1.165, 1.54) is 6.07 Å². The van der Waals surface area contributed by atoms with Gasteiger partial charge >= 0.3 is 0 Å². The van der Waals surface area contributed by atoms with Gasteiger partial charge in [0.2, 0.25) is 0 Å². The van der Waals surface area contributed by atoms with Crippen molar-refractivity contribution < 1.29 is 19.7 Å². The van der Waals surface area contributed by atoms with Gasteiger partial charge in [-0.15, -0.1) is 0 Å². The zero-order chi connectivity index (χ0) is 10.8. The number of aromatic hydroxyl groups is 1. The van der Waals surface area contributed by atoms with Crippen LogP contribution in [-0.4, -0.2) is 30.0 Å². The molecule has 2 rings (SSSR count). The lowest BCUT2D eigenvalue weighted by molar-refractivity contribution is 0.170. The van der Waals surface area contributed by atoms with Gasteiger partial charge in [0.25, 0.3) is 0 Å². The number of phenolic OH excluding ortho intramolecular Hbond substituents is 1. The number of aliphatic hydroxyl groups is 1. The summed E-state index contributed by atoms with van der Waals surface area (Å²) in [6.45, 7) is 2.85. The number of hydrogen-bond donors (Lipinski definition) is 2. The highest BCUT2D eigenvalue weighted by Gasteiger charge is 2.18. The van der Waals surface area contributed by atoms with Gasteiger partial charge in [-0.1, -0.05) is 6.92 Å². The summed E-state index contributed by atoms with van der Waals surface area (Å²) in [5.41, 5.74) is 0.682. The number of fused-ring (bicyclic) bond motifs is 1. The highest BCUT2D eigenvalue weighted by Crippen LogP contribution is 2.38. The van der Waals surface area contributed by atoms with Gasteiger partial charge in [0.1, 0.15) is 19.0 Å². The Kier molecular flexibility index (Phi) is 2.68. The first-order valence-corrected chi connectivity index (χ1v) is 4.95. The lowest BCUT2D eigenvalue weighted by atomic mass is 10.0. The largest absolute Gasteiger partial charge is 0.508 e. The first-order chi connectivity index (χ1) is 7.22. The van der Waals surface area contributed by atoms with Gasteiger partial charge in [-0.25, -0.2) is 0 Å². The third kappa shape index (κ3) is 1.85. The van der Waals surface area contributed by atoms with Crippen LogP contribution in [0, 0.1) is 0 Å². The van der Waals surface area contributed by atoms with E-state index in [0.29, 0.717) is 30.3 Å². The third-order valence-electron chi connectivity index (χ3n) is 2.50. The van der Waals surface area contributed by atoms with Crippen LogP contribution >= 0.6 is 0 Å². The molecule has 0 amide bonds. The molecular formula is C11H14O4. The van der Waals surface area contributed by atoms with Gasteiger partial charge < -0.3 is 19.7 Å². The number of rotatable bonds is 2. The SMILES string of the molecule is CC(CO)c1cc2c(cc1O)OCCO2. The second kappa shape index (κ2) is 3.98. The molecule has 2 N–H and O–H groups in total. The van der Waals surface area contributed by atoms with Gasteiger partial charge in [-0.2, -0.15) is 0 Å². The van der Waals surface area contributed by atoms with Crippen LogP contribution in [0.15, 0.2) is 12.1 Å². The number of hydrogen-bond acceptors (Lipinski definition) is 4. The van der Waals surface area contributed by atoms with Gasteiger partial charge in [-0.3, -0.25) is 0 Å². The Bertz CT molecular complexity index is 362. The summed E-state index contributed by atoms with van der Waals surface area (Å²) >= 11 is 0. The van der Waals surface area contributed by atoms with E-state index in [1.807, 2.05) is 6.92 Å². The molecule has 1 atom stereocenters. The molecular weight excluding hydrogens is 196 g/mol. The quantitative estimate of drug-likeness (QED) is 0.771. The second-order valence-electron chi connectivity index (χ2n) is 3.64. The van der Waals surface area contributed by atoms with Gasteiger partial charge in [-0.05, 0) is 6.07 Å². The predicted octanol–water partition coefficient (Wildman–Crippen LogP) is 1.26. The Morgan fingerprint density at radius 3 is 2.47 bits per heavy atom. The second-order valence-corrected chi connectivity index (χ2v) is 3.64. The van der Waals surface area contributed by atoms with E-state index in [4.69, 9.17) is 14.6 Å². The number of benzene rings is 1. The minimum absolute atomic E-state index is 0.00674. The van der Waals surface area contributed by atoms with E-state index < -0.39 is 0 Å². The minimum atomic E-state index is -0.110. The van der Waals surface area contributed by atoms with E-state index >= 15 is 0 Å². The summed E-state index contributed by atoms with van der Waals surface area (Å²) in [4.78, 5) is 0.